The van der Waals surface area contributed by atoms with Gasteiger partial charge in [0.15, 0.2) is 5.16 Å². The van der Waals surface area contributed by atoms with Gasteiger partial charge in [0.2, 0.25) is 0 Å². The zero-order chi connectivity index (χ0) is 18.1. The summed E-state index contributed by atoms with van der Waals surface area (Å²) in [6.45, 7) is 3.96. The molecule has 1 aromatic carbocycles. The minimum atomic E-state index is -0.0788. The minimum absolute atomic E-state index is 0.0788. The fraction of sp³-hybridized carbons (Fsp3) is 0.278. The first-order valence-corrected chi connectivity index (χ1v) is 9.54. The van der Waals surface area contributed by atoms with Crippen molar-refractivity contribution in [3.63, 3.8) is 0 Å². The van der Waals surface area contributed by atoms with Gasteiger partial charge in [-0.15, -0.1) is 11.3 Å². The Balaban J connectivity index is 2.27. The number of nitriles is 1. The summed E-state index contributed by atoms with van der Waals surface area (Å²) in [7, 11) is 3.95. The van der Waals surface area contributed by atoms with Crippen molar-refractivity contribution in [3.8, 4) is 11.8 Å². The SMILES string of the molecule is Cc1sc2nc(SCC#N)n(-c3ccc(N(C)C)cc3)c(=O)c2c1C. The molecule has 0 saturated heterocycles. The predicted octanol–water partition coefficient (Wildman–Crippen LogP) is 3.75. The summed E-state index contributed by atoms with van der Waals surface area (Å²) in [5.41, 5.74) is 2.71. The Kier molecular flexibility index (Phi) is 4.84. The molecule has 0 fully saturated rings. The molecule has 0 bridgehead atoms. The summed E-state index contributed by atoms with van der Waals surface area (Å²) in [5, 5.41) is 10.1. The molecule has 0 aliphatic heterocycles. The lowest BCUT2D eigenvalue weighted by atomic mass is 10.2. The molecule has 2 aromatic heterocycles. The summed E-state index contributed by atoms with van der Waals surface area (Å²) in [5.74, 6) is 0.247. The smallest absolute Gasteiger partial charge is 0.267 e. The van der Waals surface area contributed by atoms with Crippen molar-refractivity contribution in [1.29, 1.82) is 5.26 Å². The minimum Gasteiger partial charge on any atom is -0.378 e. The highest BCUT2D eigenvalue weighted by Crippen LogP contribution is 2.29. The van der Waals surface area contributed by atoms with E-state index >= 15 is 0 Å². The lowest BCUT2D eigenvalue weighted by Gasteiger charge is -2.15. The summed E-state index contributed by atoms with van der Waals surface area (Å²) in [6.07, 6.45) is 0. The number of rotatable bonds is 4. The van der Waals surface area contributed by atoms with Gasteiger partial charge in [-0.2, -0.15) is 5.26 Å². The summed E-state index contributed by atoms with van der Waals surface area (Å²) >= 11 is 2.81. The number of nitrogens with zero attached hydrogens (tertiary/aromatic N) is 4. The number of fused-ring (bicyclic) bond motifs is 1. The number of thiophene rings is 1. The first kappa shape index (κ1) is 17.5. The van der Waals surface area contributed by atoms with Crippen LogP contribution in [0, 0.1) is 25.2 Å². The van der Waals surface area contributed by atoms with E-state index in [1.807, 2.05) is 57.1 Å². The molecule has 0 saturated carbocycles. The molecule has 0 N–H and O–H groups in total. The predicted molar refractivity (Wildman–Crippen MR) is 105 cm³/mol. The van der Waals surface area contributed by atoms with Crippen LogP contribution in [0.4, 0.5) is 5.69 Å². The summed E-state index contributed by atoms with van der Waals surface area (Å²) < 4.78 is 1.61. The molecular weight excluding hydrogens is 352 g/mol. The van der Waals surface area contributed by atoms with Crippen LogP contribution in [0.3, 0.4) is 0 Å². The van der Waals surface area contributed by atoms with Crippen LogP contribution in [-0.2, 0) is 0 Å². The average Bonchev–Trinajstić information content (AvgIpc) is 2.87. The summed E-state index contributed by atoms with van der Waals surface area (Å²) in [6, 6.07) is 9.87. The third kappa shape index (κ3) is 3.15. The Morgan fingerprint density at radius 1 is 1.28 bits per heavy atom. The molecule has 7 heteroatoms. The van der Waals surface area contributed by atoms with Crippen molar-refractivity contribution in [2.45, 2.75) is 19.0 Å². The highest BCUT2D eigenvalue weighted by atomic mass is 32.2. The zero-order valence-electron chi connectivity index (χ0n) is 14.5. The van der Waals surface area contributed by atoms with E-state index < -0.39 is 0 Å². The highest BCUT2D eigenvalue weighted by molar-refractivity contribution is 7.99. The third-order valence-electron chi connectivity index (χ3n) is 4.06. The van der Waals surface area contributed by atoms with Gasteiger partial charge in [0.05, 0.1) is 22.9 Å². The van der Waals surface area contributed by atoms with E-state index in [1.54, 1.807) is 4.57 Å². The quantitative estimate of drug-likeness (QED) is 0.517. The van der Waals surface area contributed by atoms with Crippen LogP contribution in [0.25, 0.3) is 15.9 Å². The van der Waals surface area contributed by atoms with E-state index in [9.17, 15) is 4.79 Å². The number of aromatic nitrogens is 2. The lowest BCUT2D eigenvalue weighted by Crippen LogP contribution is -2.21. The van der Waals surface area contributed by atoms with Crippen molar-refractivity contribution < 1.29 is 0 Å². The Bertz CT molecular complexity index is 1030. The van der Waals surface area contributed by atoms with Crippen molar-refractivity contribution in [2.24, 2.45) is 0 Å². The molecule has 25 heavy (non-hydrogen) atoms. The van der Waals surface area contributed by atoms with Gasteiger partial charge in [0.25, 0.3) is 5.56 Å². The van der Waals surface area contributed by atoms with Gasteiger partial charge >= 0.3 is 0 Å². The van der Waals surface area contributed by atoms with E-state index in [1.165, 1.54) is 23.1 Å². The Labute approximate surface area is 154 Å². The van der Waals surface area contributed by atoms with E-state index in [0.717, 1.165) is 26.6 Å². The Morgan fingerprint density at radius 2 is 1.96 bits per heavy atom. The molecule has 5 nitrogen and oxygen atoms in total. The molecular formula is C18H18N4OS2. The summed E-state index contributed by atoms with van der Waals surface area (Å²) in [4.78, 5) is 21.7. The molecule has 3 rings (SSSR count). The van der Waals surface area contributed by atoms with Crippen LogP contribution in [0.1, 0.15) is 10.4 Å². The first-order chi connectivity index (χ1) is 11.9. The van der Waals surface area contributed by atoms with Crippen LogP contribution < -0.4 is 10.5 Å². The van der Waals surface area contributed by atoms with E-state index in [0.29, 0.717) is 10.5 Å². The monoisotopic (exact) mass is 370 g/mol. The molecule has 3 aromatic rings. The molecule has 0 aliphatic carbocycles. The van der Waals surface area contributed by atoms with Gasteiger partial charge in [-0.3, -0.25) is 9.36 Å². The second kappa shape index (κ2) is 6.90. The highest BCUT2D eigenvalue weighted by Gasteiger charge is 2.18. The van der Waals surface area contributed by atoms with Gasteiger partial charge < -0.3 is 4.90 Å². The molecule has 0 atom stereocenters. The molecule has 128 valence electrons. The van der Waals surface area contributed by atoms with Crippen LogP contribution >= 0.6 is 23.1 Å². The van der Waals surface area contributed by atoms with Gasteiger partial charge in [-0.25, -0.2) is 4.98 Å². The number of anilines is 1. The van der Waals surface area contributed by atoms with Crippen LogP contribution in [0.15, 0.2) is 34.2 Å². The maximum Gasteiger partial charge on any atom is 0.267 e. The fourth-order valence-electron chi connectivity index (χ4n) is 2.60. The topological polar surface area (TPSA) is 61.9 Å². The Morgan fingerprint density at radius 3 is 2.56 bits per heavy atom. The van der Waals surface area contributed by atoms with Gasteiger partial charge in [-0.05, 0) is 43.7 Å². The molecule has 2 heterocycles. The first-order valence-electron chi connectivity index (χ1n) is 7.74. The molecule has 0 amide bonds. The van der Waals surface area contributed by atoms with Crippen molar-refractivity contribution >= 4 is 39.0 Å². The van der Waals surface area contributed by atoms with Gasteiger partial charge in [0, 0.05) is 24.7 Å². The second-order valence-electron chi connectivity index (χ2n) is 5.86. The standard InChI is InChI=1S/C18H18N4OS2/c1-11-12(2)25-16-15(11)17(23)22(18(20-16)24-10-9-19)14-7-5-13(6-8-14)21(3)4/h5-8H,10H2,1-4H3. The maximum atomic E-state index is 13.2. The zero-order valence-corrected chi connectivity index (χ0v) is 16.2. The number of hydrogen-bond donors (Lipinski definition) is 0. The molecule has 0 unspecified atom stereocenters. The van der Waals surface area contributed by atoms with Gasteiger partial charge in [-0.1, -0.05) is 11.8 Å². The normalized spacial score (nSPS) is 10.8. The van der Waals surface area contributed by atoms with Crippen LogP contribution in [0.2, 0.25) is 0 Å². The van der Waals surface area contributed by atoms with Gasteiger partial charge in [0.1, 0.15) is 4.83 Å². The van der Waals surface area contributed by atoms with Crippen LogP contribution in [-0.4, -0.2) is 29.4 Å². The number of aryl methyl sites for hydroxylation is 2. The van der Waals surface area contributed by atoms with Crippen LogP contribution in [0.5, 0.6) is 0 Å². The van der Waals surface area contributed by atoms with Crippen molar-refractivity contribution in [3.05, 3.63) is 45.1 Å². The Hall–Kier alpha value is -2.30. The van der Waals surface area contributed by atoms with E-state index in [2.05, 4.69) is 11.1 Å². The number of hydrogen-bond acceptors (Lipinski definition) is 6. The molecule has 0 aliphatic rings. The van der Waals surface area contributed by atoms with E-state index in [4.69, 9.17) is 5.26 Å². The largest absolute Gasteiger partial charge is 0.378 e. The third-order valence-corrected chi connectivity index (χ3v) is 5.97. The van der Waals surface area contributed by atoms with Crippen molar-refractivity contribution in [2.75, 3.05) is 24.7 Å². The van der Waals surface area contributed by atoms with Crippen molar-refractivity contribution in [1.82, 2.24) is 9.55 Å². The number of thioether (sulfide) groups is 1. The molecule has 0 radical (unpaired) electrons. The average molecular weight is 371 g/mol. The second-order valence-corrected chi connectivity index (χ2v) is 8.00. The molecule has 0 spiro atoms. The lowest BCUT2D eigenvalue weighted by molar-refractivity contribution is 0.823. The van der Waals surface area contributed by atoms with E-state index in [-0.39, 0.29) is 11.3 Å². The number of benzene rings is 1. The maximum absolute atomic E-state index is 13.2. The fourth-order valence-corrected chi connectivity index (χ4v) is 4.34.